The molecule has 32 heavy (non-hydrogen) atoms. The van der Waals surface area contributed by atoms with Crippen molar-refractivity contribution in [3.05, 3.63) is 90.0 Å². The average Bonchev–Trinajstić information content (AvgIpc) is 3.25. The first-order valence-electron chi connectivity index (χ1n) is 9.46. The molecule has 0 spiro atoms. The molecule has 0 radical (unpaired) electrons. The zero-order valence-corrected chi connectivity index (χ0v) is 18.5. The number of hydrogen-bond donors (Lipinski definition) is 2. The van der Waals surface area contributed by atoms with Crippen molar-refractivity contribution in [2.45, 2.75) is 11.3 Å². The summed E-state index contributed by atoms with van der Waals surface area (Å²) in [5, 5.41) is 10.1. The zero-order chi connectivity index (χ0) is 22.6. The molecule has 4 aromatic rings. The SMILES string of the molecule is Cc1cccc(C(=O)Nc2nnc(S(=O)(=O)Nc3ccc(Oc4ccccc4)cc3)s2)c1. The maximum absolute atomic E-state index is 12.6. The molecule has 8 nitrogen and oxygen atoms in total. The van der Waals surface area contributed by atoms with E-state index in [4.69, 9.17) is 4.74 Å². The van der Waals surface area contributed by atoms with Gasteiger partial charge in [0, 0.05) is 11.3 Å². The molecule has 0 aliphatic carbocycles. The van der Waals surface area contributed by atoms with Crippen LogP contribution in [0.5, 0.6) is 11.5 Å². The fourth-order valence-electron chi connectivity index (χ4n) is 2.74. The van der Waals surface area contributed by atoms with E-state index in [0.29, 0.717) is 22.7 Å². The van der Waals surface area contributed by atoms with E-state index in [-0.39, 0.29) is 9.47 Å². The summed E-state index contributed by atoms with van der Waals surface area (Å²) in [6.07, 6.45) is 0. The third-order valence-electron chi connectivity index (χ3n) is 4.22. The number of sulfonamides is 1. The molecule has 1 aromatic heterocycles. The van der Waals surface area contributed by atoms with Crippen LogP contribution in [0.4, 0.5) is 10.8 Å². The van der Waals surface area contributed by atoms with Crippen LogP contribution in [0.25, 0.3) is 0 Å². The molecule has 0 bridgehead atoms. The van der Waals surface area contributed by atoms with Gasteiger partial charge in [0.25, 0.3) is 20.3 Å². The summed E-state index contributed by atoms with van der Waals surface area (Å²) in [4.78, 5) is 12.3. The summed E-state index contributed by atoms with van der Waals surface area (Å²) in [5.41, 5.74) is 1.72. The number of nitrogens with one attached hydrogen (secondary N) is 2. The van der Waals surface area contributed by atoms with E-state index < -0.39 is 15.9 Å². The van der Waals surface area contributed by atoms with Crippen molar-refractivity contribution < 1.29 is 17.9 Å². The lowest BCUT2D eigenvalue weighted by atomic mass is 10.1. The smallest absolute Gasteiger partial charge is 0.291 e. The molecule has 10 heteroatoms. The third-order valence-corrected chi connectivity index (χ3v) is 6.81. The lowest BCUT2D eigenvalue weighted by Crippen LogP contribution is -2.12. The Bertz CT molecular complexity index is 1340. The summed E-state index contributed by atoms with van der Waals surface area (Å²) in [7, 11) is -3.97. The number of rotatable bonds is 7. The van der Waals surface area contributed by atoms with Gasteiger partial charge in [-0.2, -0.15) is 8.42 Å². The van der Waals surface area contributed by atoms with Gasteiger partial charge in [-0.05, 0) is 55.5 Å². The second kappa shape index (κ2) is 9.16. The van der Waals surface area contributed by atoms with Crippen molar-refractivity contribution in [3.63, 3.8) is 0 Å². The Kier molecular flexibility index (Phi) is 6.15. The minimum absolute atomic E-state index is 0.0866. The number of benzene rings is 3. The number of carbonyl (C=O) groups excluding carboxylic acids is 1. The van der Waals surface area contributed by atoms with E-state index in [1.807, 2.05) is 43.3 Å². The first-order chi connectivity index (χ1) is 15.4. The maximum atomic E-state index is 12.6. The van der Waals surface area contributed by atoms with Gasteiger partial charge in [-0.3, -0.25) is 14.8 Å². The second-order valence-electron chi connectivity index (χ2n) is 6.74. The van der Waals surface area contributed by atoms with Crippen LogP contribution in [0.15, 0.2) is 83.2 Å². The van der Waals surface area contributed by atoms with Crippen molar-refractivity contribution in [1.82, 2.24) is 10.2 Å². The van der Waals surface area contributed by atoms with Crippen LogP contribution in [0.1, 0.15) is 15.9 Å². The molecule has 0 saturated carbocycles. The van der Waals surface area contributed by atoms with E-state index in [0.717, 1.165) is 16.9 Å². The Labute approximate surface area is 189 Å². The van der Waals surface area contributed by atoms with Crippen LogP contribution >= 0.6 is 11.3 Å². The van der Waals surface area contributed by atoms with E-state index >= 15 is 0 Å². The normalized spacial score (nSPS) is 11.0. The molecule has 0 saturated heterocycles. The van der Waals surface area contributed by atoms with Gasteiger partial charge in [0.1, 0.15) is 11.5 Å². The summed E-state index contributed by atoms with van der Waals surface area (Å²) in [6, 6.07) is 22.7. The van der Waals surface area contributed by atoms with Gasteiger partial charge in [0.2, 0.25) is 5.13 Å². The van der Waals surface area contributed by atoms with Crippen molar-refractivity contribution in [1.29, 1.82) is 0 Å². The van der Waals surface area contributed by atoms with Crippen LogP contribution in [-0.4, -0.2) is 24.5 Å². The van der Waals surface area contributed by atoms with E-state index in [1.54, 1.807) is 42.5 Å². The van der Waals surface area contributed by atoms with E-state index in [9.17, 15) is 13.2 Å². The van der Waals surface area contributed by atoms with Crippen LogP contribution in [0.2, 0.25) is 0 Å². The number of aromatic nitrogens is 2. The number of hydrogen-bond acceptors (Lipinski definition) is 7. The number of amides is 1. The van der Waals surface area contributed by atoms with Gasteiger partial charge < -0.3 is 4.74 Å². The number of aryl methyl sites for hydroxylation is 1. The summed E-state index contributed by atoms with van der Waals surface area (Å²) < 4.78 is 33.2. The zero-order valence-electron chi connectivity index (χ0n) is 16.8. The molecule has 0 aliphatic rings. The fourth-order valence-corrected chi connectivity index (χ4v) is 4.69. The number of para-hydroxylation sites is 1. The monoisotopic (exact) mass is 466 g/mol. The Morgan fingerprint density at radius 1 is 0.906 bits per heavy atom. The van der Waals surface area contributed by atoms with Gasteiger partial charge in [0.15, 0.2) is 0 Å². The second-order valence-corrected chi connectivity index (χ2v) is 9.58. The van der Waals surface area contributed by atoms with Crippen LogP contribution in [-0.2, 0) is 10.0 Å². The molecule has 1 heterocycles. The highest BCUT2D eigenvalue weighted by Crippen LogP contribution is 2.26. The first kappa shape index (κ1) is 21.5. The Morgan fingerprint density at radius 2 is 1.62 bits per heavy atom. The molecule has 0 atom stereocenters. The van der Waals surface area contributed by atoms with Gasteiger partial charge in [-0.15, -0.1) is 10.2 Å². The van der Waals surface area contributed by atoms with Gasteiger partial charge in [0.05, 0.1) is 0 Å². The highest BCUT2D eigenvalue weighted by atomic mass is 32.2. The quantitative estimate of drug-likeness (QED) is 0.382. The summed E-state index contributed by atoms with van der Waals surface area (Å²) in [5.74, 6) is 0.849. The lowest BCUT2D eigenvalue weighted by molar-refractivity contribution is 0.102. The fraction of sp³-hybridized carbons (Fsp3) is 0.0455. The van der Waals surface area contributed by atoms with Gasteiger partial charge in [-0.1, -0.05) is 47.2 Å². The number of anilines is 2. The van der Waals surface area contributed by atoms with Crippen molar-refractivity contribution in [2.24, 2.45) is 0 Å². The predicted molar refractivity (Wildman–Crippen MR) is 123 cm³/mol. The van der Waals surface area contributed by atoms with Crippen LogP contribution in [0, 0.1) is 6.92 Å². The maximum Gasteiger partial charge on any atom is 0.291 e. The number of nitrogens with zero attached hydrogens (tertiary/aromatic N) is 2. The van der Waals surface area contributed by atoms with Gasteiger partial charge in [-0.25, -0.2) is 0 Å². The molecule has 2 N–H and O–H groups in total. The molecular formula is C22H18N4O4S2. The minimum atomic E-state index is -3.97. The molecule has 0 fully saturated rings. The molecule has 1 amide bonds. The Balaban J connectivity index is 1.41. The molecular weight excluding hydrogens is 448 g/mol. The molecule has 162 valence electrons. The molecule has 0 unspecified atom stereocenters. The predicted octanol–water partition coefficient (Wildman–Crippen LogP) is 4.69. The largest absolute Gasteiger partial charge is 0.457 e. The average molecular weight is 467 g/mol. The summed E-state index contributed by atoms with van der Waals surface area (Å²) >= 11 is 0.762. The molecule has 0 aliphatic heterocycles. The molecule has 3 aromatic carbocycles. The Morgan fingerprint density at radius 3 is 2.34 bits per heavy atom. The highest BCUT2D eigenvalue weighted by molar-refractivity contribution is 7.94. The van der Waals surface area contributed by atoms with Gasteiger partial charge >= 0.3 is 0 Å². The highest BCUT2D eigenvalue weighted by Gasteiger charge is 2.21. The standard InChI is InChI=1S/C22H18N4O4S2/c1-15-6-5-7-16(14-15)20(27)23-21-24-25-22(31-21)32(28,29)26-17-10-12-19(13-11-17)30-18-8-3-2-4-9-18/h2-14,26H,1H3,(H,23,24,27). The van der Waals surface area contributed by atoms with Crippen LogP contribution in [0.3, 0.4) is 0 Å². The lowest BCUT2D eigenvalue weighted by Gasteiger charge is -2.08. The van der Waals surface area contributed by atoms with Crippen molar-refractivity contribution in [3.8, 4) is 11.5 Å². The van der Waals surface area contributed by atoms with E-state index in [2.05, 4.69) is 20.2 Å². The van der Waals surface area contributed by atoms with E-state index in [1.165, 1.54) is 0 Å². The Hall–Kier alpha value is -3.76. The van der Waals surface area contributed by atoms with Crippen molar-refractivity contribution >= 4 is 38.1 Å². The number of ether oxygens (including phenoxy) is 1. The minimum Gasteiger partial charge on any atom is -0.457 e. The molecule has 4 rings (SSSR count). The first-order valence-corrected chi connectivity index (χ1v) is 11.8. The van der Waals surface area contributed by atoms with Crippen LogP contribution < -0.4 is 14.8 Å². The topological polar surface area (TPSA) is 110 Å². The summed E-state index contributed by atoms with van der Waals surface area (Å²) in [6.45, 7) is 1.87. The third kappa shape index (κ3) is 5.29. The van der Waals surface area contributed by atoms with Crippen molar-refractivity contribution in [2.75, 3.05) is 10.0 Å². The number of carbonyl (C=O) groups is 1.